The van der Waals surface area contributed by atoms with E-state index in [1.54, 1.807) is 19.2 Å². The Bertz CT molecular complexity index is 407. The van der Waals surface area contributed by atoms with E-state index < -0.39 is 0 Å². The van der Waals surface area contributed by atoms with E-state index in [9.17, 15) is 4.79 Å². The van der Waals surface area contributed by atoms with E-state index in [0.29, 0.717) is 5.56 Å². The molecular formula is C11H13N3O. The van der Waals surface area contributed by atoms with Crippen molar-refractivity contribution in [2.45, 2.75) is 6.92 Å². The molecule has 1 rings (SSSR count). The highest BCUT2D eigenvalue weighted by molar-refractivity contribution is 5.80. The lowest BCUT2D eigenvalue weighted by Crippen LogP contribution is -2.26. The molecule has 0 saturated heterocycles. The topological polar surface area (TPSA) is 64.9 Å². The van der Waals surface area contributed by atoms with E-state index >= 15 is 0 Å². The summed E-state index contributed by atoms with van der Waals surface area (Å²) in [6.45, 7) is 2.14. The van der Waals surface area contributed by atoms with Crippen LogP contribution in [0.15, 0.2) is 18.2 Å². The lowest BCUT2D eigenvalue weighted by Gasteiger charge is -2.08. The first-order valence-corrected chi connectivity index (χ1v) is 4.62. The molecule has 0 aliphatic rings. The minimum Gasteiger partial charge on any atom is -0.376 e. The van der Waals surface area contributed by atoms with Crippen LogP contribution in [0.4, 0.5) is 5.69 Å². The fourth-order valence-corrected chi connectivity index (χ4v) is 1.15. The van der Waals surface area contributed by atoms with Gasteiger partial charge in [-0.3, -0.25) is 4.79 Å². The lowest BCUT2D eigenvalue weighted by atomic mass is 10.1. The maximum Gasteiger partial charge on any atom is 0.239 e. The molecule has 0 aromatic heterocycles. The number of carbonyl (C=O) groups is 1. The molecule has 0 fully saturated rings. The van der Waals surface area contributed by atoms with E-state index in [0.717, 1.165) is 11.3 Å². The third kappa shape index (κ3) is 2.99. The fraction of sp³-hybridized carbons (Fsp3) is 0.273. The highest BCUT2D eigenvalue weighted by Gasteiger charge is 2.02. The van der Waals surface area contributed by atoms with E-state index in [1.165, 1.54) is 0 Å². The molecule has 15 heavy (non-hydrogen) atoms. The number of benzene rings is 1. The van der Waals surface area contributed by atoms with E-state index in [4.69, 9.17) is 5.26 Å². The van der Waals surface area contributed by atoms with Gasteiger partial charge in [-0.05, 0) is 24.6 Å². The molecule has 4 nitrogen and oxygen atoms in total. The summed E-state index contributed by atoms with van der Waals surface area (Å²) in [5.74, 6) is -0.0863. The second-order valence-electron chi connectivity index (χ2n) is 3.17. The van der Waals surface area contributed by atoms with Gasteiger partial charge in [-0.2, -0.15) is 5.26 Å². The van der Waals surface area contributed by atoms with Crippen molar-refractivity contribution in [3.05, 3.63) is 29.3 Å². The van der Waals surface area contributed by atoms with Crippen LogP contribution < -0.4 is 10.6 Å². The number of nitrogens with one attached hydrogen (secondary N) is 2. The highest BCUT2D eigenvalue weighted by atomic mass is 16.1. The maximum absolute atomic E-state index is 11.0. The zero-order valence-electron chi connectivity index (χ0n) is 8.79. The van der Waals surface area contributed by atoms with E-state index in [1.807, 2.05) is 13.0 Å². The number of aryl methyl sites for hydroxylation is 1. The van der Waals surface area contributed by atoms with Crippen LogP contribution in [0.25, 0.3) is 0 Å². The molecule has 78 valence electrons. The van der Waals surface area contributed by atoms with Crippen molar-refractivity contribution in [2.75, 3.05) is 18.9 Å². The van der Waals surface area contributed by atoms with Crippen molar-refractivity contribution in [3.63, 3.8) is 0 Å². The van der Waals surface area contributed by atoms with Gasteiger partial charge in [0.05, 0.1) is 18.2 Å². The molecule has 0 aliphatic heterocycles. The molecule has 4 heteroatoms. The molecular weight excluding hydrogens is 190 g/mol. The third-order valence-electron chi connectivity index (χ3n) is 2.08. The Balaban J connectivity index is 2.76. The Morgan fingerprint density at radius 3 is 2.87 bits per heavy atom. The summed E-state index contributed by atoms with van der Waals surface area (Å²) in [5.41, 5.74) is 2.41. The number of amides is 1. The number of hydrogen-bond donors (Lipinski definition) is 2. The number of anilines is 1. The quantitative estimate of drug-likeness (QED) is 0.771. The first-order chi connectivity index (χ1) is 7.17. The van der Waals surface area contributed by atoms with Crippen LogP contribution in [0, 0.1) is 18.3 Å². The van der Waals surface area contributed by atoms with Crippen molar-refractivity contribution < 1.29 is 4.79 Å². The van der Waals surface area contributed by atoms with Gasteiger partial charge >= 0.3 is 0 Å². The monoisotopic (exact) mass is 203 g/mol. The van der Waals surface area contributed by atoms with Crippen LogP contribution >= 0.6 is 0 Å². The Morgan fingerprint density at radius 2 is 2.27 bits per heavy atom. The largest absolute Gasteiger partial charge is 0.376 e. The molecule has 0 atom stereocenters. The highest BCUT2D eigenvalue weighted by Crippen LogP contribution is 2.15. The van der Waals surface area contributed by atoms with Gasteiger partial charge in [-0.15, -0.1) is 0 Å². The number of nitriles is 1. The Hall–Kier alpha value is -2.02. The summed E-state index contributed by atoms with van der Waals surface area (Å²) in [4.78, 5) is 11.0. The summed E-state index contributed by atoms with van der Waals surface area (Å²) in [6, 6.07) is 7.39. The summed E-state index contributed by atoms with van der Waals surface area (Å²) in [7, 11) is 1.59. The minimum atomic E-state index is -0.0863. The SMILES string of the molecule is CNC(=O)CNc1cc(C#N)ccc1C. The molecule has 0 aliphatic carbocycles. The van der Waals surface area contributed by atoms with Crippen LogP contribution in [-0.2, 0) is 4.79 Å². The van der Waals surface area contributed by atoms with Crippen molar-refractivity contribution >= 4 is 11.6 Å². The van der Waals surface area contributed by atoms with Crippen LogP contribution in [0.3, 0.4) is 0 Å². The predicted molar refractivity (Wildman–Crippen MR) is 58.5 cm³/mol. The zero-order chi connectivity index (χ0) is 11.3. The first kappa shape index (κ1) is 11.1. The molecule has 0 unspecified atom stereocenters. The van der Waals surface area contributed by atoms with Gasteiger partial charge in [0.1, 0.15) is 0 Å². The summed E-state index contributed by atoms with van der Waals surface area (Å²) < 4.78 is 0. The van der Waals surface area contributed by atoms with Crippen LogP contribution in [0.1, 0.15) is 11.1 Å². The van der Waals surface area contributed by atoms with Crippen molar-refractivity contribution in [3.8, 4) is 6.07 Å². The summed E-state index contributed by atoms with van der Waals surface area (Å²) in [6.07, 6.45) is 0. The van der Waals surface area contributed by atoms with Crippen molar-refractivity contribution in [2.24, 2.45) is 0 Å². The van der Waals surface area contributed by atoms with Gasteiger partial charge < -0.3 is 10.6 Å². The number of rotatable bonds is 3. The number of hydrogen-bond acceptors (Lipinski definition) is 3. The molecule has 1 aromatic rings. The molecule has 0 spiro atoms. The van der Waals surface area contributed by atoms with Gasteiger partial charge in [0.15, 0.2) is 0 Å². The van der Waals surface area contributed by atoms with Gasteiger partial charge in [-0.1, -0.05) is 6.07 Å². The maximum atomic E-state index is 11.0. The van der Waals surface area contributed by atoms with Crippen LogP contribution in [0.5, 0.6) is 0 Å². The Morgan fingerprint density at radius 1 is 1.53 bits per heavy atom. The van der Waals surface area contributed by atoms with Crippen LogP contribution in [-0.4, -0.2) is 19.5 Å². The van der Waals surface area contributed by atoms with E-state index in [-0.39, 0.29) is 12.5 Å². The molecule has 0 heterocycles. The minimum absolute atomic E-state index is 0.0863. The molecule has 1 amide bonds. The smallest absolute Gasteiger partial charge is 0.239 e. The second-order valence-corrected chi connectivity index (χ2v) is 3.17. The number of likely N-dealkylation sites (N-methyl/N-ethyl adjacent to an activating group) is 1. The van der Waals surface area contributed by atoms with Crippen LogP contribution in [0.2, 0.25) is 0 Å². The number of nitrogens with zero attached hydrogens (tertiary/aromatic N) is 1. The van der Waals surface area contributed by atoms with Gasteiger partial charge in [-0.25, -0.2) is 0 Å². The average Bonchev–Trinajstić information content (AvgIpc) is 2.27. The average molecular weight is 203 g/mol. The second kappa shape index (κ2) is 5.01. The van der Waals surface area contributed by atoms with Gasteiger partial charge in [0, 0.05) is 12.7 Å². The molecule has 0 bridgehead atoms. The zero-order valence-corrected chi connectivity index (χ0v) is 8.79. The normalized spacial score (nSPS) is 9.13. The van der Waals surface area contributed by atoms with Crippen molar-refractivity contribution in [1.82, 2.24) is 5.32 Å². The van der Waals surface area contributed by atoms with E-state index in [2.05, 4.69) is 16.7 Å². The predicted octanol–water partition coefficient (Wildman–Crippen LogP) is 1.02. The lowest BCUT2D eigenvalue weighted by molar-refractivity contribution is -0.118. The molecule has 0 saturated carbocycles. The van der Waals surface area contributed by atoms with Gasteiger partial charge in [0.25, 0.3) is 0 Å². The summed E-state index contributed by atoms with van der Waals surface area (Å²) in [5, 5.41) is 14.2. The Labute approximate surface area is 88.9 Å². The molecule has 1 aromatic carbocycles. The molecule has 0 radical (unpaired) electrons. The fourth-order valence-electron chi connectivity index (χ4n) is 1.15. The third-order valence-corrected chi connectivity index (χ3v) is 2.08. The van der Waals surface area contributed by atoms with Crippen molar-refractivity contribution in [1.29, 1.82) is 5.26 Å². The first-order valence-electron chi connectivity index (χ1n) is 4.62. The summed E-state index contributed by atoms with van der Waals surface area (Å²) >= 11 is 0. The number of carbonyl (C=O) groups excluding carboxylic acids is 1. The van der Waals surface area contributed by atoms with Gasteiger partial charge in [0.2, 0.25) is 5.91 Å². The standard InChI is InChI=1S/C11H13N3O/c1-8-3-4-9(6-12)5-10(8)14-7-11(15)13-2/h3-5,14H,7H2,1-2H3,(H,13,15). The molecule has 2 N–H and O–H groups in total. The Kier molecular flexibility index (Phi) is 3.69.